The molecule has 6 aromatic heterocycles. The Morgan fingerprint density at radius 2 is 1.15 bits per heavy atom. The summed E-state index contributed by atoms with van der Waals surface area (Å²) in [5.74, 6) is 0. The quantitative estimate of drug-likeness (QED) is 0.0811. The van der Waals surface area contributed by atoms with Crippen molar-refractivity contribution >= 4 is 90.2 Å². The molecule has 7 aromatic rings. The van der Waals surface area contributed by atoms with Crippen molar-refractivity contribution in [1.29, 1.82) is 0 Å². The predicted molar refractivity (Wildman–Crippen MR) is 234 cm³/mol. The molecule has 7 heterocycles. The molecule has 11 heteroatoms. The Morgan fingerprint density at radius 3 is 1.78 bits per heavy atom. The molecule has 0 saturated heterocycles. The fraction of sp³-hybridized carbons (Fsp3) is 0.442. The molecule has 0 bridgehead atoms. The average molecular weight is 792 g/mol. The molecule has 1 aliphatic heterocycles. The first-order chi connectivity index (χ1) is 26.6. The van der Waals surface area contributed by atoms with Gasteiger partial charge >= 0.3 is 0 Å². The molecule has 0 aliphatic carbocycles. The summed E-state index contributed by atoms with van der Waals surface area (Å²) >= 11 is 6.06. The van der Waals surface area contributed by atoms with Crippen LogP contribution in [0.2, 0.25) is 0 Å². The Morgan fingerprint density at radius 1 is 0.593 bits per heavy atom. The van der Waals surface area contributed by atoms with Crippen molar-refractivity contribution < 1.29 is 0 Å². The second-order valence-corrected chi connectivity index (χ2v) is 18.3. The Labute approximate surface area is 334 Å². The van der Waals surface area contributed by atoms with Gasteiger partial charge in [0.25, 0.3) is 0 Å². The second-order valence-electron chi connectivity index (χ2n) is 14.9. The molecule has 0 spiro atoms. The van der Waals surface area contributed by atoms with Crippen LogP contribution in [0.15, 0.2) is 57.5 Å². The first-order valence-electron chi connectivity index (χ1n) is 19.9. The van der Waals surface area contributed by atoms with Gasteiger partial charge in [-0.15, -0.1) is 22.7 Å². The van der Waals surface area contributed by atoms with Gasteiger partial charge in [-0.25, -0.2) is 0 Å². The molecular weight excluding hydrogens is 743 g/mol. The van der Waals surface area contributed by atoms with Crippen LogP contribution in [0.1, 0.15) is 120 Å². The maximum atomic E-state index is 5.17. The minimum absolute atomic E-state index is 0.420. The van der Waals surface area contributed by atoms with E-state index in [4.69, 9.17) is 27.4 Å². The second kappa shape index (κ2) is 17.0. The molecule has 0 unspecified atom stereocenters. The number of hydrogen-bond donors (Lipinski definition) is 0. The monoisotopic (exact) mass is 791 g/mol. The zero-order chi connectivity index (χ0) is 37.0. The van der Waals surface area contributed by atoms with Crippen LogP contribution in [0, 0.1) is 13.8 Å². The number of thiophene rings is 2. The van der Waals surface area contributed by atoms with Gasteiger partial charge in [0.15, 0.2) is 0 Å². The number of unbranched alkanes of at least 4 members (excludes halogenated alkanes) is 10. The van der Waals surface area contributed by atoms with Gasteiger partial charge in [0.1, 0.15) is 33.4 Å². The van der Waals surface area contributed by atoms with E-state index in [0.29, 0.717) is 6.04 Å². The van der Waals surface area contributed by atoms with Crippen molar-refractivity contribution in [2.45, 2.75) is 124 Å². The van der Waals surface area contributed by atoms with Crippen LogP contribution >= 0.6 is 34.4 Å². The number of aryl methyl sites for hydroxylation is 2. The van der Waals surface area contributed by atoms with Gasteiger partial charge < -0.3 is 4.57 Å². The van der Waals surface area contributed by atoms with Crippen LogP contribution in [0.3, 0.4) is 0 Å². The van der Waals surface area contributed by atoms with E-state index in [-0.39, 0.29) is 0 Å². The fourth-order valence-corrected chi connectivity index (χ4v) is 11.1. The summed E-state index contributed by atoms with van der Waals surface area (Å²) in [6.45, 7) is 8.89. The van der Waals surface area contributed by atoms with Crippen molar-refractivity contribution in [1.82, 2.24) is 23.3 Å². The molecule has 1 aromatic carbocycles. The average Bonchev–Trinajstić information content (AvgIpc) is 4.03. The lowest BCUT2D eigenvalue weighted by Gasteiger charge is -2.22. The minimum Gasteiger partial charge on any atom is -0.335 e. The van der Waals surface area contributed by atoms with E-state index in [2.05, 4.69) is 68.7 Å². The van der Waals surface area contributed by atoms with Crippen LogP contribution in [-0.2, 0) is 11.4 Å². The van der Waals surface area contributed by atoms with E-state index in [9.17, 15) is 0 Å². The highest BCUT2D eigenvalue weighted by Crippen LogP contribution is 2.54. The maximum absolute atomic E-state index is 5.17. The highest BCUT2D eigenvalue weighted by atomic mass is 32.1. The molecule has 280 valence electrons. The van der Waals surface area contributed by atoms with Crippen LogP contribution in [0.5, 0.6) is 0 Å². The summed E-state index contributed by atoms with van der Waals surface area (Å²) in [6, 6.07) is 13.9. The van der Waals surface area contributed by atoms with Gasteiger partial charge in [0.05, 0.1) is 34.1 Å². The molecule has 0 atom stereocenters. The smallest absolute Gasteiger partial charge is 0.116 e. The number of nitrogens with zero attached hydrogens (tertiary/aromatic N) is 7. The Hall–Kier alpha value is -3.64. The lowest BCUT2D eigenvalue weighted by Crippen LogP contribution is -2.10. The zero-order valence-electron chi connectivity index (χ0n) is 31.9. The standard InChI is InChI=1S/C43H49N7S4/c1-5-7-9-11-13-15-17-30(18-16-14-12-10-8-6-2)50-31-23-27(3)25-44-38(31)39-32(50)24-29(26-45-39)33-21-22-35(52-33)37-42-40(46-53-48-42)36(34-20-19-28(4)51-34)41-43(37)49-54-47-41/h19-26,30H,5-18H2,1-4H3. The summed E-state index contributed by atoms with van der Waals surface area (Å²) in [7, 11) is 0. The van der Waals surface area contributed by atoms with Crippen LogP contribution in [-0.4, -0.2) is 23.3 Å². The van der Waals surface area contributed by atoms with Crippen molar-refractivity contribution in [3.63, 3.8) is 0 Å². The summed E-state index contributed by atoms with van der Waals surface area (Å²) in [5, 5.41) is 0. The van der Waals surface area contributed by atoms with E-state index >= 15 is 0 Å². The van der Waals surface area contributed by atoms with Crippen LogP contribution < -0.4 is 0 Å². The van der Waals surface area contributed by atoms with Gasteiger partial charge in [-0.3, -0.25) is 9.97 Å². The maximum Gasteiger partial charge on any atom is 0.116 e. The third-order valence-corrected chi connectivity index (χ3v) is 14.0. The lowest BCUT2D eigenvalue weighted by molar-refractivity contribution is 0.410. The molecule has 1 aliphatic rings. The number of fused-ring (bicyclic) bond motifs is 5. The molecule has 0 fully saturated rings. The summed E-state index contributed by atoms with van der Waals surface area (Å²) in [6.07, 6.45) is 22.2. The fourth-order valence-electron chi connectivity index (χ4n) is 8.04. The molecule has 0 saturated carbocycles. The SMILES string of the molecule is CCCCCCCCC(CCCCCCCC)n1c2cc(C)cnc2c2ncc(-c3ccc(-c4c5c(c(-c6ccc(C)s6)c6nsnc46)N=S=N5)s3)cc21. The van der Waals surface area contributed by atoms with E-state index in [1.54, 1.807) is 22.7 Å². The Kier molecular flexibility index (Phi) is 11.8. The summed E-state index contributed by atoms with van der Waals surface area (Å²) < 4.78 is 22.0. The first kappa shape index (κ1) is 37.3. The predicted octanol–water partition coefficient (Wildman–Crippen LogP) is 15.1. The van der Waals surface area contributed by atoms with Crippen molar-refractivity contribution in [2.75, 3.05) is 0 Å². The third-order valence-electron chi connectivity index (χ3n) is 10.8. The normalized spacial score (nSPS) is 12.6. The number of hydrogen-bond acceptors (Lipinski definition) is 9. The van der Waals surface area contributed by atoms with Gasteiger partial charge in [-0.2, -0.15) is 17.5 Å². The molecular formula is C43H49N7S4. The number of aromatic nitrogens is 5. The molecule has 54 heavy (non-hydrogen) atoms. The molecule has 0 amide bonds. The van der Waals surface area contributed by atoms with Crippen molar-refractivity contribution in [2.24, 2.45) is 8.73 Å². The van der Waals surface area contributed by atoms with E-state index in [1.165, 1.54) is 139 Å². The van der Waals surface area contributed by atoms with Crippen molar-refractivity contribution in [3.8, 4) is 31.3 Å². The minimum atomic E-state index is 0.420. The van der Waals surface area contributed by atoms with Gasteiger partial charge in [0, 0.05) is 54.6 Å². The van der Waals surface area contributed by atoms with Crippen LogP contribution in [0.4, 0.5) is 11.4 Å². The Bertz CT molecular complexity index is 2460. The summed E-state index contributed by atoms with van der Waals surface area (Å²) in [5.41, 5.74) is 12.4. The van der Waals surface area contributed by atoms with E-state index in [1.807, 2.05) is 12.4 Å². The molecule has 0 N–H and O–H groups in total. The Balaban J connectivity index is 1.17. The molecule has 7 nitrogen and oxygen atoms in total. The largest absolute Gasteiger partial charge is 0.335 e. The van der Waals surface area contributed by atoms with Gasteiger partial charge in [0.2, 0.25) is 0 Å². The number of pyridine rings is 2. The number of rotatable bonds is 18. The van der Waals surface area contributed by atoms with E-state index in [0.717, 1.165) is 59.9 Å². The van der Waals surface area contributed by atoms with Gasteiger partial charge in [-0.05, 0) is 68.7 Å². The van der Waals surface area contributed by atoms with Crippen molar-refractivity contribution in [3.05, 3.63) is 59.2 Å². The number of benzene rings is 1. The molecule has 0 radical (unpaired) electrons. The first-order valence-corrected chi connectivity index (χ1v) is 23.0. The highest BCUT2D eigenvalue weighted by Gasteiger charge is 2.28. The summed E-state index contributed by atoms with van der Waals surface area (Å²) in [4.78, 5) is 14.9. The van der Waals surface area contributed by atoms with Crippen LogP contribution in [0.25, 0.3) is 64.4 Å². The topological polar surface area (TPSA) is 81.2 Å². The third kappa shape index (κ3) is 7.49. The zero-order valence-corrected chi connectivity index (χ0v) is 35.1. The highest BCUT2D eigenvalue weighted by molar-refractivity contribution is 7.58. The van der Waals surface area contributed by atoms with E-state index < -0.39 is 0 Å². The lowest BCUT2D eigenvalue weighted by atomic mass is 9.99. The van der Waals surface area contributed by atoms with Gasteiger partial charge in [-0.1, -0.05) is 90.9 Å². The molecule has 8 rings (SSSR count).